The highest BCUT2D eigenvalue weighted by Crippen LogP contribution is 2.26. The molecule has 1 aromatic heterocycles. The minimum Gasteiger partial charge on any atom is -0.350 e. The number of nitrogens with one attached hydrogen (secondary N) is 2. The largest absolute Gasteiger partial charge is 0.350 e. The zero-order valence-electron chi connectivity index (χ0n) is 16.8. The molecule has 9 heteroatoms. The van der Waals surface area contributed by atoms with Crippen molar-refractivity contribution in [3.05, 3.63) is 53.1 Å². The normalized spacial score (nSPS) is 18.6. The molecule has 0 saturated carbocycles. The van der Waals surface area contributed by atoms with Crippen LogP contribution in [0.15, 0.2) is 30.3 Å². The summed E-state index contributed by atoms with van der Waals surface area (Å²) < 4.78 is 14.4. The maximum Gasteiger partial charge on any atom is 0.272 e. The number of fused-ring (bicyclic) bond motifs is 1. The first-order chi connectivity index (χ1) is 13.6. The standard InChI is InChI=1S/C20H24FN5O3/c1-12(2)23-17(27)15-9-16-18(28)25(4)20(3,11-26(16)24-15)19(29)22-10-13-5-7-14(21)8-6-13/h5-9,12H,10-11H2,1-4H3,(H,22,29)(H,23,27). The Morgan fingerprint density at radius 3 is 2.55 bits per heavy atom. The molecule has 2 aromatic rings. The van der Waals surface area contributed by atoms with Gasteiger partial charge in [0.1, 0.15) is 17.1 Å². The Kier molecular flexibility index (Phi) is 5.41. The molecular formula is C20H24FN5O3. The smallest absolute Gasteiger partial charge is 0.272 e. The van der Waals surface area contributed by atoms with Crippen molar-refractivity contribution in [2.75, 3.05) is 7.05 Å². The van der Waals surface area contributed by atoms with Gasteiger partial charge >= 0.3 is 0 Å². The van der Waals surface area contributed by atoms with Gasteiger partial charge in [-0.15, -0.1) is 0 Å². The van der Waals surface area contributed by atoms with E-state index in [-0.39, 0.29) is 48.2 Å². The molecule has 1 aliphatic heterocycles. The van der Waals surface area contributed by atoms with E-state index in [1.165, 1.54) is 27.8 Å². The molecule has 0 radical (unpaired) electrons. The molecule has 0 aliphatic carbocycles. The molecule has 0 fully saturated rings. The van der Waals surface area contributed by atoms with Crippen molar-refractivity contribution in [2.24, 2.45) is 0 Å². The molecule has 2 N–H and O–H groups in total. The van der Waals surface area contributed by atoms with Gasteiger partial charge in [0.05, 0.1) is 6.54 Å². The van der Waals surface area contributed by atoms with Crippen LogP contribution in [0.2, 0.25) is 0 Å². The van der Waals surface area contributed by atoms with E-state index >= 15 is 0 Å². The third kappa shape index (κ3) is 3.98. The van der Waals surface area contributed by atoms with Crippen LogP contribution in [0.25, 0.3) is 0 Å². The summed E-state index contributed by atoms with van der Waals surface area (Å²) in [5.41, 5.74) is -0.0701. The van der Waals surface area contributed by atoms with E-state index in [4.69, 9.17) is 0 Å². The third-order valence-corrected chi connectivity index (χ3v) is 5.01. The van der Waals surface area contributed by atoms with Gasteiger partial charge in [-0.05, 0) is 38.5 Å². The number of hydrogen-bond donors (Lipinski definition) is 2. The Morgan fingerprint density at radius 1 is 1.28 bits per heavy atom. The summed E-state index contributed by atoms with van der Waals surface area (Å²) in [7, 11) is 1.55. The van der Waals surface area contributed by atoms with Crippen molar-refractivity contribution < 1.29 is 18.8 Å². The molecule has 0 saturated heterocycles. The lowest BCUT2D eigenvalue weighted by atomic mass is 9.96. The van der Waals surface area contributed by atoms with Gasteiger partial charge in [-0.2, -0.15) is 5.10 Å². The number of aromatic nitrogens is 2. The molecule has 1 aliphatic rings. The first kappa shape index (κ1) is 20.5. The van der Waals surface area contributed by atoms with E-state index in [0.717, 1.165) is 5.56 Å². The van der Waals surface area contributed by atoms with Crippen molar-refractivity contribution in [1.29, 1.82) is 0 Å². The quantitative estimate of drug-likeness (QED) is 0.790. The predicted molar refractivity (Wildman–Crippen MR) is 104 cm³/mol. The van der Waals surface area contributed by atoms with Gasteiger partial charge in [0.15, 0.2) is 5.69 Å². The fraction of sp³-hybridized carbons (Fsp3) is 0.400. The number of amides is 3. The number of benzene rings is 1. The molecular weight excluding hydrogens is 377 g/mol. The zero-order chi connectivity index (χ0) is 21.3. The number of rotatable bonds is 5. The number of carbonyl (C=O) groups excluding carboxylic acids is 3. The fourth-order valence-electron chi connectivity index (χ4n) is 3.15. The second kappa shape index (κ2) is 7.65. The molecule has 1 unspecified atom stereocenters. The molecule has 29 heavy (non-hydrogen) atoms. The number of likely N-dealkylation sites (N-methyl/N-ethyl adjacent to an activating group) is 1. The van der Waals surface area contributed by atoms with Crippen molar-refractivity contribution in [3.8, 4) is 0 Å². The van der Waals surface area contributed by atoms with Crippen LogP contribution in [0.4, 0.5) is 4.39 Å². The van der Waals surface area contributed by atoms with Gasteiger partial charge < -0.3 is 15.5 Å². The van der Waals surface area contributed by atoms with Gasteiger partial charge in [0.2, 0.25) is 5.91 Å². The molecule has 8 nitrogen and oxygen atoms in total. The second-order valence-corrected chi connectivity index (χ2v) is 7.65. The summed E-state index contributed by atoms with van der Waals surface area (Å²) in [5.74, 6) is -1.49. The Bertz CT molecular complexity index is 954. The minimum absolute atomic E-state index is 0.0675. The van der Waals surface area contributed by atoms with Crippen LogP contribution in [-0.4, -0.2) is 51.0 Å². The lowest BCUT2D eigenvalue weighted by molar-refractivity contribution is -0.132. The lowest BCUT2D eigenvalue weighted by Gasteiger charge is -2.40. The highest BCUT2D eigenvalue weighted by Gasteiger charge is 2.46. The lowest BCUT2D eigenvalue weighted by Crippen LogP contribution is -2.62. The van der Waals surface area contributed by atoms with Gasteiger partial charge in [0, 0.05) is 25.7 Å². The molecule has 1 aromatic carbocycles. The van der Waals surface area contributed by atoms with Crippen LogP contribution in [0.3, 0.4) is 0 Å². The molecule has 154 valence electrons. The summed E-state index contributed by atoms with van der Waals surface area (Å²) >= 11 is 0. The maximum atomic E-state index is 13.0. The average Bonchev–Trinajstić information content (AvgIpc) is 3.09. The Labute approximate surface area is 168 Å². The molecule has 3 rings (SSSR count). The van der Waals surface area contributed by atoms with Crippen LogP contribution in [0.5, 0.6) is 0 Å². The van der Waals surface area contributed by atoms with Crippen LogP contribution in [0.1, 0.15) is 47.3 Å². The summed E-state index contributed by atoms with van der Waals surface area (Å²) in [5, 5.41) is 9.75. The maximum absolute atomic E-state index is 13.0. The molecule has 2 heterocycles. The number of nitrogens with zero attached hydrogens (tertiary/aromatic N) is 3. The average molecular weight is 401 g/mol. The van der Waals surface area contributed by atoms with Crippen molar-refractivity contribution in [1.82, 2.24) is 25.3 Å². The molecule has 0 spiro atoms. The Hall–Kier alpha value is -3.23. The Balaban J connectivity index is 1.79. The van der Waals surface area contributed by atoms with Crippen LogP contribution in [-0.2, 0) is 17.9 Å². The summed E-state index contributed by atoms with van der Waals surface area (Å²) in [6.07, 6.45) is 0. The van der Waals surface area contributed by atoms with Crippen LogP contribution in [0, 0.1) is 5.82 Å². The monoisotopic (exact) mass is 401 g/mol. The molecule has 1 atom stereocenters. The molecule has 3 amide bonds. The summed E-state index contributed by atoms with van der Waals surface area (Å²) in [4.78, 5) is 39.3. The Morgan fingerprint density at radius 2 is 1.93 bits per heavy atom. The zero-order valence-corrected chi connectivity index (χ0v) is 16.8. The first-order valence-electron chi connectivity index (χ1n) is 9.31. The van der Waals surface area contributed by atoms with Crippen molar-refractivity contribution in [3.63, 3.8) is 0 Å². The molecule has 0 bridgehead atoms. The van der Waals surface area contributed by atoms with E-state index in [2.05, 4.69) is 15.7 Å². The van der Waals surface area contributed by atoms with Gasteiger partial charge in [-0.3, -0.25) is 19.1 Å². The first-order valence-corrected chi connectivity index (χ1v) is 9.31. The fourth-order valence-corrected chi connectivity index (χ4v) is 3.15. The van der Waals surface area contributed by atoms with Crippen LogP contribution >= 0.6 is 0 Å². The number of halogens is 1. The number of carbonyl (C=O) groups is 3. The van der Waals surface area contributed by atoms with Crippen LogP contribution < -0.4 is 10.6 Å². The van der Waals surface area contributed by atoms with E-state index in [0.29, 0.717) is 0 Å². The second-order valence-electron chi connectivity index (χ2n) is 7.65. The van der Waals surface area contributed by atoms with Gasteiger partial charge in [0.25, 0.3) is 11.8 Å². The predicted octanol–water partition coefficient (Wildman–Crippen LogP) is 1.32. The number of hydrogen-bond acceptors (Lipinski definition) is 4. The van der Waals surface area contributed by atoms with Crippen molar-refractivity contribution >= 4 is 17.7 Å². The summed E-state index contributed by atoms with van der Waals surface area (Å²) in [6.45, 7) is 5.60. The van der Waals surface area contributed by atoms with Gasteiger partial charge in [-0.25, -0.2) is 4.39 Å². The van der Waals surface area contributed by atoms with E-state index < -0.39 is 11.4 Å². The minimum atomic E-state index is -1.19. The third-order valence-electron chi connectivity index (χ3n) is 5.01. The van der Waals surface area contributed by atoms with E-state index in [1.54, 1.807) is 26.1 Å². The van der Waals surface area contributed by atoms with Crippen molar-refractivity contribution in [2.45, 2.75) is 45.4 Å². The highest BCUT2D eigenvalue weighted by atomic mass is 19.1. The topological polar surface area (TPSA) is 96.3 Å². The highest BCUT2D eigenvalue weighted by molar-refractivity contribution is 6.01. The SMILES string of the molecule is CC(C)NC(=O)c1cc2n(n1)CC(C)(C(=O)NCc1ccc(F)cc1)N(C)C2=O. The summed E-state index contributed by atoms with van der Waals surface area (Å²) in [6, 6.07) is 7.17. The van der Waals surface area contributed by atoms with E-state index in [1.807, 2.05) is 13.8 Å². The van der Waals surface area contributed by atoms with Gasteiger partial charge in [-0.1, -0.05) is 12.1 Å². The van der Waals surface area contributed by atoms with E-state index in [9.17, 15) is 18.8 Å².